The number of methoxy groups -OCH3 is 1. The predicted molar refractivity (Wildman–Crippen MR) is 109 cm³/mol. The van der Waals surface area contributed by atoms with E-state index in [1.54, 1.807) is 20.2 Å². The van der Waals surface area contributed by atoms with Crippen LogP contribution in [0.5, 0.6) is 5.75 Å². The van der Waals surface area contributed by atoms with Crippen LogP contribution in [0.3, 0.4) is 0 Å². The van der Waals surface area contributed by atoms with Gasteiger partial charge in [-0.15, -0.1) is 0 Å². The van der Waals surface area contributed by atoms with Crippen molar-refractivity contribution in [3.05, 3.63) is 44.1 Å². The number of halogens is 1. The van der Waals surface area contributed by atoms with Gasteiger partial charge < -0.3 is 14.2 Å². The Kier molecular flexibility index (Phi) is 4.45. The van der Waals surface area contributed by atoms with Gasteiger partial charge in [-0.1, -0.05) is 25.4 Å². The number of ether oxygens (including phenoxy) is 1. The Labute approximate surface area is 166 Å². The number of imidazole rings is 1. The molecule has 2 aromatic heterocycles. The average Bonchev–Trinajstić information content (AvgIpc) is 3.22. The molecule has 0 fully saturated rings. The maximum atomic E-state index is 13.1. The molecule has 0 atom stereocenters. The molecule has 1 aliphatic heterocycles. The maximum Gasteiger partial charge on any atom is 0.332 e. The molecule has 3 aromatic rings. The minimum Gasteiger partial charge on any atom is -0.495 e. The first kappa shape index (κ1) is 18.6. The summed E-state index contributed by atoms with van der Waals surface area (Å²) in [4.78, 5) is 32.4. The van der Waals surface area contributed by atoms with Crippen molar-refractivity contribution in [1.29, 1.82) is 0 Å². The normalized spacial score (nSPS) is 13.6. The molecule has 1 aromatic carbocycles. The van der Waals surface area contributed by atoms with E-state index in [-0.39, 0.29) is 17.2 Å². The number of rotatable bonds is 4. The van der Waals surface area contributed by atoms with Crippen LogP contribution in [0, 0.1) is 5.92 Å². The minimum absolute atomic E-state index is 0.182. The summed E-state index contributed by atoms with van der Waals surface area (Å²) in [6.45, 7) is 5.59. The zero-order valence-electron chi connectivity index (χ0n) is 16.3. The van der Waals surface area contributed by atoms with E-state index in [2.05, 4.69) is 4.98 Å². The third-order valence-electron chi connectivity index (χ3n) is 5.00. The highest BCUT2D eigenvalue weighted by Gasteiger charge is 2.29. The van der Waals surface area contributed by atoms with Crippen LogP contribution < -0.4 is 20.9 Å². The van der Waals surface area contributed by atoms with Gasteiger partial charge in [0, 0.05) is 32.4 Å². The van der Waals surface area contributed by atoms with Gasteiger partial charge >= 0.3 is 5.69 Å². The second kappa shape index (κ2) is 6.70. The summed E-state index contributed by atoms with van der Waals surface area (Å²) >= 11 is 6.28. The van der Waals surface area contributed by atoms with Crippen LogP contribution in [0.25, 0.3) is 11.2 Å². The molecule has 0 radical (unpaired) electrons. The van der Waals surface area contributed by atoms with E-state index < -0.39 is 0 Å². The van der Waals surface area contributed by atoms with Gasteiger partial charge in [-0.3, -0.25) is 13.9 Å². The molecule has 0 spiro atoms. The first-order chi connectivity index (χ1) is 13.3. The van der Waals surface area contributed by atoms with Gasteiger partial charge in [-0.2, -0.15) is 4.98 Å². The lowest BCUT2D eigenvalue weighted by molar-refractivity contribution is 0.415. The lowest BCUT2D eigenvalue weighted by Crippen LogP contribution is -2.40. The first-order valence-corrected chi connectivity index (χ1v) is 9.52. The van der Waals surface area contributed by atoms with Crippen molar-refractivity contribution < 1.29 is 4.74 Å². The molecule has 0 amide bonds. The van der Waals surface area contributed by atoms with Crippen molar-refractivity contribution >= 4 is 34.4 Å². The summed E-state index contributed by atoms with van der Waals surface area (Å²) in [6.07, 6.45) is 0. The molecule has 9 heteroatoms. The van der Waals surface area contributed by atoms with Crippen LogP contribution in [0.4, 0.5) is 11.6 Å². The van der Waals surface area contributed by atoms with Gasteiger partial charge in [0.2, 0.25) is 5.95 Å². The van der Waals surface area contributed by atoms with E-state index >= 15 is 0 Å². The van der Waals surface area contributed by atoms with Gasteiger partial charge in [0.25, 0.3) is 5.56 Å². The average molecular weight is 404 g/mol. The van der Waals surface area contributed by atoms with Crippen LogP contribution in [0.1, 0.15) is 13.8 Å². The van der Waals surface area contributed by atoms with Gasteiger partial charge in [0.05, 0.1) is 12.1 Å². The molecule has 0 N–H and O–H groups in total. The Bertz CT molecular complexity index is 1190. The molecular formula is C19H22ClN5O3. The van der Waals surface area contributed by atoms with Crippen molar-refractivity contribution in [2.75, 3.05) is 18.6 Å². The Morgan fingerprint density at radius 3 is 2.64 bits per heavy atom. The van der Waals surface area contributed by atoms with E-state index in [4.69, 9.17) is 16.3 Å². The number of aryl methyl sites for hydroxylation is 1. The van der Waals surface area contributed by atoms with E-state index in [9.17, 15) is 9.59 Å². The lowest BCUT2D eigenvalue weighted by Gasteiger charge is -2.17. The van der Waals surface area contributed by atoms with E-state index in [1.807, 2.05) is 35.4 Å². The molecule has 0 aliphatic carbocycles. The highest BCUT2D eigenvalue weighted by atomic mass is 35.5. The number of anilines is 2. The summed E-state index contributed by atoms with van der Waals surface area (Å²) in [5, 5.41) is 0.501. The first-order valence-electron chi connectivity index (χ1n) is 9.14. The van der Waals surface area contributed by atoms with E-state index in [0.717, 1.165) is 5.69 Å². The third kappa shape index (κ3) is 2.71. The number of aromatic nitrogens is 4. The van der Waals surface area contributed by atoms with Crippen LogP contribution >= 0.6 is 11.6 Å². The van der Waals surface area contributed by atoms with Crippen LogP contribution in [-0.2, 0) is 20.1 Å². The Morgan fingerprint density at radius 1 is 1.25 bits per heavy atom. The zero-order chi connectivity index (χ0) is 20.2. The summed E-state index contributed by atoms with van der Waals surface area (Å²) in [5.41, 5.74) is 1.07. The van der Waals surface area contributed by atoms with Crippen LogP contribution in [0.2, 0.25) is 5.02 Å². The molecule has 4 rings (SSSR count). The maximum absolute atomic E-state index is 13.1. The van der Waals surface area contributed by atoms with E-state index in [0.29, 0.717) is 47.5 Å². The molecule has 0 saturated heterocycles. The highest BCUT2D eigenvalue weighted by molar-refractivity contribution is 6.32. The van der Waals surface area contributed by atoms with Gasteiger partial charge in [0.1, 0.15) is 5.75 Å². The van der Waals surface area contributed by atoms with E-state index in [1.165, 1.54) is 9.13 Å². The van der Waals surface area contributed by atoms with Crippen molar-refractivity contribution in [3.8, 4) is 5.75 Å². The molecule has 1 aliphatic rings. The van der Waals surface area contributed by atoms with Crippen molar-refractivity contribution in [3.63, 3.8) is 0 Å². The number of benzene rings is 1. The summed E-state index contributed by atoms with van der Waals surface area (Å²) in [5.74, 6) is 1.41. The highest BCUT2D eigenvalue weighted by Crippen LogP contribution is 2.35. The van der Waals surface area contributed by atoms with Gasteiger partial charge in [-0.25, -0.2) is 4.79 Å². The minimum atomic E-state index is -0.345. The topological polar surface area (TPSA) is 74.3 Å². The van der Waals surface area contributed by atoms with Crippen molar-refractivity contribution in [1.82, 2.24) is 18.7 Å². The third-order valence-corrected chi connectivity index (χ3v) is 5.29. The van der Waals surface area contributed by atoms with Crippen LogP contribution in [-0.4, -0.2) is 32.3 Å². The fourth-order valence-corrected chi connectivity index (χ4v) is 3.92. The summed E-state index contributed by atoms with van der Waals surface area (Å²) < 4.78 is 9.85. The fraction of sp³-hybridized carbons (Fsp3) is 0.421. The van der Waals surface area contributed by atoms with Gasteiger partial charge in [-0.05, 0) is 24.1 Å². The summed E-state index contributed by atoms with van der Waals surface area (Å²) in [7, 11) is 3.22. The van der Waals surface area contributed by atoms with Crippen molar-refractivity contribution in [2.24, 2.45) is 13.0 Å². The standard InChI is InChI=1S/C19H22ClN5O3/c1-11(2)10-25-17(26)15-16(22(3)19(25)27)21-18-23(7-8-24(15)18)12-5-6-14(28-4)13(20)9-12/h5-6,9,11H,7-8,10H2,1-4H3. The molecule has 28 heavy (non-hydrogen) atoms. The second-order valence-electron chi connectivity index (χ2n) is 7.36. The lowest BCUT2D eigenvalue weighted by atomic mass is 10.2. The van der Waals surface area contributed by atoms with Gasteiger partial charge in [0.15, 0.2) is 11.2 Å². The molecular weight excluding hydrogens is 382 g/mol. The Hall–Kier alpha value is -2.74. The molecule has 0 unspecified atom stereocenters. The van der Waals surface area contributed by atoms with Crippen molar-refractivity contribution in [2.45, 2.75) is 26.9 Å². The number of nitrogens with zero attached hydrogens (tertiary/aromatic N) is 5. The van der Waals surface area contributed by atoms with Crippen LogP contribution in [0.15, 0.2) is 27.8 Å². The predicted octanol–water partition coefficient (Wildman–Crippen LogP) is 2.37. The number of hydrogen-bond acceptors (Lipinski definition) is 5. The molecule has 3 heterocycles. The fourth-order valence-electron chi connectivity index (χ4n) is 3.67. The Balaban J connectivity index is 1.90. The molecule has 8 nitrogen and oxygen atoms in total. The smallest absolute Gasteiger partial charge is 0.332 e. The molecule has 0 bridgehead atoms. The Morgan fingerprint density at radius 2 is 2.00 bits per heavy atom. The SMILES string of the molecule is COc1ccc(N2CCn3c2nc2c3c(=O)n(CC(C)C)c(=O)n2C)cc1Cl. The number of fused-ring (bicyclic) bond motifs is 3. The monoisotopic (exact) mass is 403 g/mol. The molecule has 148 valence electrons. The quantitative estimate of drug-likeness (QED) is 0.668. The second-order valence-corrected chi connectivity index (χ2v) is 7.76. The summed E-state index contributed by atoms with van der Waals surface area (Å²) in [6, 6.07) is 5.51. The number of hydrogen-bond donors (Lipinski definition) is 0. The largest absolute Gasteiger partial charge is 0.495 e. The molecule has 0 saturated carbocycles. The zero-order valence-corrected chi connectivity index (χ0v) is 17.0.